The smallest absolute Gasteiger partial charge is 0.236 e. The summed E-state index contributed by atoms with van der Waals surface area (Å²) in [6, 6.07) is 12.8. The number of rotatable bonds is 1. The fourth-order valence-corrected chi connectivity index (χ4v) is 1.70. The minimum Gasteiger partial charge on any atom is -0.279 e. The molecule has 18 heavy (non-hydrogen) atoms. The third-order valence-electron chi connectivity index (χ3n) is 2.44. The van der Waals surface area contributed by atoms with Crippen LogP contribution in [0.5, 0.6) is 0 Å². The lowest BCUT2D eigenvalue weighted by atomic mass is 10.1. The first-order valence-corrected chi connectivity index (χ1v) is 5.72. The fourth-order valence-electron chi connectivity index (χ4n) is 1.70. The summed E-state index contributed by atoms with van der Waals surface area (Å²) >= 11 is 0. The van der Waals surface area contributed by atoms with Crippen LogP contribution in [0, 0.1) is 25.7 Å². The normalized spacial score (nSPS) is 9.44. The first-order valence-electron chi connectivity index (χ1n) is 5.72. The first kappa shape index (κ1) is 12.1. The third kappa shape index (κ3) is 3.05. The van der Waals surface area contributed by atoms with E-state index < -0.39 is 0 Å². The first-order chi connectivity index (χ1) is 8.65. The second-order valence-corrected chi connectivity index (χ2v) is 4.08. The van der Waals surface area contributed by atoms with E-state index in [1.54, 1.807) is 12.1 Å². The van der Waals surface area contributed by atoms with Crippen LogP contribution in [-0.2, 0) is 0 Å². The summed E-state index contributed by atoms with van der Waals surface area (Å²) in [5.74, 6) is 5.37. The van der Waals surface area contributed by atoms with Crippen LogP contribution in [0.3, 0.4) is 0 Å². The number of carbonyl (C=O) groups excluding carboxylic acids is 1. The summed E-state index contributed by atoms with van der Waals surface area (Å²) in [4.78, 5) is 16.1. The number of carbonyl (C=O) groups is 1. The van der Waals surface area contributed by atoms with Gasteiger partial charge < -0.3 is 0 Å². The van der Waals surface area contributed by atoms with Crippen LogP contribution in [0.2, 0.25) is 0 Å². The van der Waals surface area contributed by atoms with Crippen LogP contribution in [0.1, 0.15) is 27.3 Å². The third-order valence-corrected chi connectivity index (χ3v) is 2.44. The number of benzene rings is 1. The Bertz CT molecular complexity index is 613. The van der Waals surface area contributed by atoms with Gasteiger partial charge in [-0.1, -0.05) is 36.3 Å². The van der Waals surface area contributed by atoms with Crippen molar-refractivity contribution in [2.75, 3.05) is 0 Å². The monoisotopic (exact) mass is 235 g/mol. The average molecular weight is 235 g/mol. The Kier molecular flexibility index (Phi) is 3.54. The Balaban J connectivity index is 2.25. The molecule has 0 saturated heterocycles. The molecule has 0 amide bonds. The number of ketones is 1. The maximum atomic E-state index is 11.8. The number of nitrogens with zero attached hydrogens (tertiary/aromatic N) is 1. The zero-order chi connectivity index (χ0) is 13.0. The summed E-state index contributed by atoms with van der Waals surface area (Å²) in [6.45, 7) is 3.83. The Morgan fingerprint density at radius 1 is 1.06 bits per heavy atom. The fraction of sp³-hybridized carbons (Fsp3) is 0.125. The summed E-state index contributed by atoms with van der Waals surface area (Å²) in [6.07, 6.45) is 0. The number of hydrogen-bond donors (Lipinski definition) is 0. The van der Waals surface area contributed by atoms with Crippen molar-refractivity contribution in [3.8, 4) is 11.8 Å². The molecule has 1 aromatic carbocycles. The van der Waals surface area contributed by atoms with Crippen molar-refractivity contribution >= 4 is 5.78 Å². The molecule has 2 rings (SSSR count). The van der Waals surface area contributed by atoms with Gasteiger partial charge in [0.2, 0.25) is 5.78 Å². The summed E-state index contributed by atoms with van der Waals surface area (Å²) in [5, 5.41) is 0. The summed E-state index contributed by atoms with van der Waals surface area (Å²) in [5.41, 5.74) is 3.26. The van der Waals surface area contributed by atoms with Crippen LogP contribution in [0.15, 0.2) is 42.5 Å². The average Bonchev–Trinajstić information content (AvgIpc) is 2.36. The minimum atomic E-state index is -0.164. The van der Waals surface area contributed by atoms with Gasteiger partial charge in [-0.2, -0.15) is 0 Å². The van der Waals surface area contributed by atoms with Gasteiger partial charge in [0, 0.05) is 22.5 Å². The highest BCUT2D eigenvalue weighted by Gasteiger charge is 1.99. The van der Waals surface area contributed by atoms with Crippen molar-refractivity contribution in [3.63, 3.8) is 0 Å². The van der Waals surface area contributed by atoms with Crippen LogP contribution in [0.25, 0.3) is 0 Å². The van der Waals surface area contributed by atoms with E-state index in [1.165, 1.54) is 0 Å². The molecule has 0 spiro atoms. The summed E-state index contributed by atoms with van der Waals surface area (Å²) < 4.78 is 0. The molecule has 0 aliphatic heterocycles. The molecule has 0 bridgehead atoms. The predicted molar refractivity (Wildman–Crippen MR) is 71.4 cm³/mol. The molecule has 2 aromatic rings. The van der Waals surface area contributed by atoms with Crippen molar-refractivity contribution in [2.24, 2.45) is 0 Å². The molecule has 88 valence electrons. The molecule has 0 aliphatic carbocycles. The molecule has 0 atom stereocenters. The Morgan fingerprint density at radius 2 is 1.67 bits per heavy atom. The van der Waals surface area contributed by atoms with Gasteiger partial charge in [0.25, 0.3) is 0 Å². The van der Waals surface area contributed by atoms with Gasteiger partial charge in [-0.15, -0.1) is 0 Å². The number of aryl methyl sites for hydroxylation is 2. The van der Waals surface area contributed by atoms with Gasteiger partial charge in [0.1, 0.15) is 0 Å². The Labute approximate surface area is 107 Å². The van der Waals surface area contributed by atoms with E-state index >= 15 is 0 Å². The van der Waals surface area contributed by atoms with Crippen LogP contribution in [-0.4, -0.2) is 10.8 Å². The molecule has 0 saturated carbocycles. The van der Waals surface area contributed by atoms with Crippen LogP contribution >= 0.6 is 0 Å². The second-order valence-electron chi connectivity index (χ2n) is 4.08. The summed E-state index contributed by atoms with van der Waals surface area (Å²) in [7, 11) is 0. The number of hydrogen-bond acceptors (Lipinski definition) is 2. The largest absolute Gasteiger partial charge is 0.279 e. The molecule has 0 unspecified atom stereocenters. The molecule has 1 aromatic heterocycles. The van der Waals surface area contributed by atoms with Gasteiger partial charge in [0.05, 0.1) is 0 Å². The molecule has 0 N–H and O–H groups in total. The predicted octanol–water partition coefficient (Wildman–Crippen LogP) is 2.93. The highest BCUT2D eigenvalue weighted by atomic mass is 16.1. The Hall–Kier alpha value is -2.40. The highest BCUT2D eigenvalue weighted by molar-refractivity contribution is 6.09. The zero-order valence-electron chi connectivity index (χ0n) is 10.4. The van der Waals surface area contributed by atoms with E-state index in [9.17, 15) is 4.79 Å². The molecule has 0 aliphatic rings. The van der Waals surface area contributed by atoms with E-state index in [1.807, 2.05) is 44.2 Å². The van der Waals surface area contributed by atoms with E-state index in [-0.39, 0.29) is 5.78 Å². The molecule has 2 nitrogen and oxygen atoms in total. The Morgan fingerprint density at radius 3 is 2.28 bits per heavy atom. The van der Waals surface area contributed by atoms with Gasteiger partial charge in [-0.3, -0.25) is 9.78 Å². The lowest BCUT2D eigenvalue weighted by molar-refractivity contribution is 0.105. The van der Waals surface area contributed by atoms with E-state index in [2.05, 4.69) is 16.8 Å². The van der Waals surface area contributed by atoms with Crippen molar-refractivity contribution in [1.82, 2.24) is 4.98 Å². The second kappa shape index (κ2) is 5.29. The quantitative estimate of drug-likeness (QED) is 0.562. The zero-order valence-corrected chi connectivity index (χ0v) is 10.4. The lowest BCUT2D eigenvalue weighted by Gasteiger charge is -1.96. The van der Waals surface area contributed by atoms with Crippen molar-refractivity contribution in [2.45, 2.75) is 13.8 Å². The highest BCUT2D eigenvalue weighted by Crippen LogP contribution is 2.04. The molecule has 0 radical (unpaired) electrons. The molecular formula is C16H13NO. The molecule has 2 heteroatoms. The molecule has 0 fully saturated rings. The van der Waals surface area contributed by atoms with Crippen molar-refractivity contribution in [1.29, 1.82) is 0 Å². The van der Waals surface area contributed by atoms with E-state index in [0.717, 1.165) is 17.0 Å². The maximum Gasteiger partial charge on any atom is 0.236 e. The van der Waals surface area contributed by atoms with E-state index in [0.29, 0.717) is 5.56 Å². The van der Waals surface area contributed by atoms with Gasteiger partial charge >= 0.3 is 0 Å². The van der Waals surface area contributed by atoms with Gasteiger partial charge in [-0.25, -0.2) is 0 Å². The number of pyridine rings is 1. The standard InChI is InChI=1S/C16H13NO/c1-12-10-14(11-13(2)17-12)8-9-16(18)15-6-4-3-5-7-15/h3-7,10-11H,1-2H3. The molecular weight excluding hydrogens is 222 g/mol. The van der Waals surface area contributed by atoms with Crippen LogP contribution < -0.4 is 0 Å². The SMILES string of the molecule is Cc1cc(C#CC(=O)c2ccccc2)cc(C)n1. The lowest BCUT2D eigenvalue weighted by Crippen LogP contribution is -1.94. The minimum absolute atomic E-state index is 0.164. The maximum absolute atomic E-state index is 11.8. The topological polar surface area (TPSA) is 30.0 Å². The molecule has 1 heterocycles. The number of Topliss-reactive ketones (excluding diaryl/α,β-unsaturated/α-hetero) is 1. The van der Waals surface area contributed by atoms with Crippen molar-refractivity contribution in [3.05, 3.63) is 65.0 Å². The van der Waals surface area contributed by atoms with Gasteiger partial charge in [0.15, 0.2) is 0 Å². The van der Waals surface area contributed by atoms with Crippen molar-refractivity contribution < 1.29 is 4.79 Å². The van der Waals surface area contributed by atoms with Crippen LogP contribution in [0.4, 0.5) is 0 Å². The number of aromatic nitrogens is 1. The van der Waals surface area contributed by atoms with E-state index in [4.69, 9.17) is 0 Å². The van der Waals surface area contributed by atoms with Gasteiger partial charge in [-0.05, 0) is 31.9 Å².